The first-order chi connectivity index (χ1) is 11.4. The van der Waals surface area contributed by atoms with E-state index in [9.17, 15) is 4.79 Å². The molecule has 2 aromatic carbocycles. The minimum Gasteiger partial charge on any atom is -0.483 e. The summed E-state index contributed by atoms with van der Waals surface area (Å²) in [4.78, 5) is 16.4. The predicted octanol–water partition coefficient (Wildman–Crippen LogP) is 4.28. The van der Waals surface area contributed by atoms with E-state index in [-0.39, 0.29) is 12.5 Å². The summed E-state index contributed by atoms with van der Waals surface area (Å²) in [6.45, 7) is 3.89. The van der Waals surface area contributed by atoms with E-state index in [1.165, 1.54) is 11.3 Å². The maximum absolute atomic E-state index is 12.1. The van der Waals surface area contributed by atoms with E-state index in [1.807, 2.05) is 38.1 Å². The first-order valence-electron chi connectivity index (χ1n) is 7.28. The van der Waals surface area contributed by atoms with Crippen molar-refractivity contribution in [2.45, 2.75) is 13.8 Å². The van der Waals surface area contributed by atoms with Crippen molar-refractivity contribution in [3.8, 4) is 5.75 Å². The molecule has 0 unspecified atom stereocenters. The van der Waals surface area contributed by atoms with Gasteiger partial charge in [-0.15, -0.1) is 0 Å². The van der Waals surface area contributed by atoms with Gasteiger partial charge in [0.15, 0.2) is 11.7 Å². The summed E-state index contributed by atoms with van der Waals surface area (Å²) in [5.41, 5.74) is 9.28. The van der Waals surface area contributed by atoms with Crippen molar-refractivity contribution in [1.82, 2.24) is 4.98 Å². The molecule has 0 saturated carbocycles. The van der Waals surface area contributed by atoms with Crippen molar-refractivity contribution >= 4 is 54.2 Å². The van der Waals surface area contributed by atoms with E-state index in [2.05, 4.69) is 26.2 Å². The molecule has 0 aliphatic rings. The number of nitrogens with two attached hydrogens (primary N) is 1. The Bertz CT molecular complexity index is 924. The number of nitrogen functional groups attached to an aromatic ring is 1. The highest BCUT2D eigenvalue weighted by Gasteiger charge is 2.10. The van der Waals surface area contributed by atoms with Gasteiger partial charge in [0, 0.05) is 10.2 Å². The maximum Gasteiger partial charge on any atom is 0.262 e. The Hall–Kier alpha value is -2.12. The Labute approximate surface area is 152 Å². The number of hydrogen-bond acceptors (Lipinski definition) is 5. The number of carbonyl (C=O) groups excluding carboxylic acids is 1. The lowest BCUT2D eigenvalue weighted by atomic mass is 10.1. The van der Waals surface area contributed by atoms with Crippen LogP contribution in [0.4, 0.5) is 10.8 Å². The third-order valence-electron chi connectivity index (χ3n) is 3.45. The number of amides is 1. The topological polar surface area (TPSA) is 77.2 Å². The molecule has 0 saturated heterocycles. The molecule has 1 aromatic heterocycles. The van der Waals surface area contributed by atoms with Crippen LogP contribution in [0.3, 0.4) is 0 Å². The summed E-state index contributed by atoms with van der Waals surface area (Å²) in [7, 11) is 0. The molecule has 3 rings (SSSR count). The van der Waals surface area contributed by atoms with Crippen LogP contribution in [0.2, 0.25) is 0 Å². The first-order valence-corrected chi connectivity index (χ1v) is 8.89. The van der Waals surface area contributed by atoms with Crippen molar-refractivity contribution in [3.63, 3.8) is 0 Å². The van der Waals surface area contributed by atoms with Crippen LogP contribution < -0.4 is 15.8 Å². The fourth-order valence-electron chi connectivity index (χ4n) is 2.28. The molecule has 0 atom stereocenters. The summed E-state index contributed by atoms with van der Waals surface area (Å²) in [6.07, 6.45) is 0. The second kappa shape index (κ2) is 6.78. The molecule has 24 heavy (non-hydrogen) atoms. The largest absolute Gasteiger partial charge is 0.483 e. The van der Waals surface area contributed by atoms with Crippen molar-refractivity contribution in [2.24, 2.45) is 0 Å². The molecular weight excluding hydrogens is 390 g/mol. The van der Waals surface area contributed by atoms with Crippen molar-refractivity contribution in [2.75, 3.05) is 17.7 Å². The molecule has 124 valence electrons. The highest BCUT2D eigenvalue weighted by Crippen LogP contribution is 2.32. The summed E-state index contributed by atoms with van der Waals surface area (Å²) < 4.78 is 7.32. The summed E-state index contributed by atoms with van der Waals surface area (Å²) in [5.74, 6) is 0.497. The van der Waals surface area contributed by atoms with E-state index in [0.717, 1.165) is 31.6 Å². The van der Waals surface area contributed by atoms with Gasteiger partial charge < -0.3 is 15.8 Å². The number of benzene rings is 2. The van der Waals surface area contributed by atoms with Crippen molar-refractivity contribution < 1.29 is 9.53 Å². The fourth-order valence-corrected chi connectivity index (χ4v) is 3.76. The Morgan fingerprint density at radius 2 is 2.12 bits per heavy atom. The minimum absolute atomic E-state index is 0.0508. The minimum atomic E-state index is -0.223. The lowest BCUT2D eigenvalue weighted by molar-refractivity contribution is -0.118. The molecule has 0 aliphatic heterocycles. The first kappa shape index (κ1) is 16.7. The average molecular weight is 406 g/mol. The SMILES string of the molecule is Cc1ccc(C)c(OCC(=O)Nc2cc(Br)c3nc(N)sc3c2)c1. The van der Waals surface area contributed by atoms with E-state index >= 15 is 0 Å². The van der Waals surface area contributed by atoms with Crippen molar-refractivity contribution in [3.05, 3.63) is 45.9 Å². The van der Waals surface area contributed by atoms with E-state index in [4.69, 9.17) is 10.5 Å². The standard InChI is InChI=1S/C17H16BrN3O2S/c1-9-3-4-10(2)13(5-9)23-8-15(22)20-11-6-12(18)16-14(7-11)24-17(19)21-16/h3-7H,8H2,1-2H3,(H2,19,21)(H,20,22). The van der Waals surface area contributed by atoms with E-state index < -0.39 is 0 Å². The van der Waals surface area contributed by atoms with Crippen LogP contribution in [0.15, 0.2) is 34.8 Å². The van der Waals surface area contributed by atoms with Gasteiger partial charge in [-0.3, -0.25) is 4.79 Å². The number of anilines is 2. The Kier molecular flexibility index (Phi) is 4.73. The van der Waals surface area contributed by atoms with Gasteiger partial charge in [0.2, 0.25) is 0 Å². The highest BCUT2D eigenvalue weighted by atomic mass is 79.9. The number of aryl methyl sites for hydroxylation is 2. The number of aromatic nitrogens is 1. The van der Waals surface area contributed by atoms with Crippen LogP contribution in [-0.4, -0.2) is 17.5 Å². The number of thiazole rings is 1. The van der Waals surface area contributed by atoms with Crippen LogP contribution in [-0.2, 0) is 4.79 Å². The van der Waals surface area contributed by atoms with Crippen LogP contribution in [0.1, 0.15) is 11.1 Å². The highest BCUT2D eigenvalue weighted by molar-refractivity contribution is 9.10. The molecule has 5 nitrogen and oxygen atoms in total. The van der Waals surface area contributed by atoms with Crippen LogP contribution in [0.25, 0.3) is 10.2 Å². The average Bonchev–Trinajstić information content (AvgIpc) is 2.89. The lowest BCUT2D eigenvalue weighted by Gasteiger charge is -2.10. The fraction of sp³-hybridized carbons (Fsp3) is 0.176. The third-order valence-corrected chi connectivity index (χ3v) is 4.89. The zero-order chi connectivity index (χ0) is 17.3. The lowest BCUT2D eigenvalue weighted by Crippen LogP contribution is -2.20. The van der Waals surface area contributed by atoms with Crippen LogP contribution in [0.5, 0.6) is 5.75 Å². The second-order valence-electron chi connectivity index (χ2n) is 5.46. The number of rotatable bonds is 4. The zero-order valence-electron chi connectivity index (χ0n) is 13.2. The number of fused-ring (bicyclic) bond motifs is 1. The Morgan fingerprint density at radius 3 is 2.92 bits per heavy atom. The molecule has 0 radical (unpaired) electrons. The van der Waals surface area contributed by atoms with Crippen molar-refractivity contribution in [1.29, 1.82) is 0 Å². The summed E-state index contributed by atoms with van der Waals surface area (Å²) >= 11 is 4.83. The van der Waals surface area contributed by atoms with Crippen LogP contribution >= 0.6 is 27.3 Å². The Balaban J connectivity index is 1.69. The predicted molar refractivity (Wildman–Crippen MR) is 102 cm³/mol. The monoisotopic (exact) mass is 405 g/mol. The van der Waals surface area contributed by atoms with Gasteiger partial charge in [0.25, 0.3) is 5.91 Å². The normalized spacial score (nSPS) is 10.8. The number of nitrogens with zero attached hydrogens (tertiary/aromatic N) is 1. The molecule has 3 N–H and O–H groups in total. The number of halogens is 1. The van der Waals surface area contributed by atoms with Gasteiger partial charge in [-0.05, 0) is 59.1 Å². The number of hydrogen-bond donors (Lipinski definition) is 2. The van der Waals surface area contributed by atoms with Gasteiger partial charge in [0.1, 0.15) is 5.75 Å². The van der Waals surface area contributed by atoms with Gasteiger partial charge in [-0.2, -0.15) is 0 Å². The Morgan fingerprint density at radius 1 is 1.33 bits per heavy atom. The maximum atomic E-state index is 12.1. The molecule has 0 bridgehead atoms. The third kappa shape index (κ3) is 3.68. The molecule has 7 heteroatoms. The van der Waals surface area contributed by atoms with Gasteiger partial charge in [-0.25, -0.2) is 4.98 Å². The van der Waals surface area contributed by atoms with E-state index in [1.54, 1.807) is 6.07 Å². The number of carbonyl (C=O) groups is 1. The molecule has 0 fully saturated rings. The summed E-state index contributed by atoms with van der Waals surface area (Å²) in [5, 5.41) is 3.33. The molecule has 0 spiro atoms. The molecular formula is C17H16BrN3O2S. The quantitative estimate of drug-likeness (QED) is 0.678. The number of nitrogens with one attached hydrogen (secondary N) is 1. The smallest absolute Gasteiger partial charge is 0.262 e. The summed E-state index contributed by atoms with van der Waals surface area (Å²) in [6, 6.07) is 9.56. The van der Waals surface area contributed by atoms with Gasteiger partial charge in [0.05, 0.1) is 10.2 Å². The van der Waals surface area contributed by atoms with Gasteiger partial charge >= 0.3 is 0 Å². The zero-order valence-corrected chi connectivity index (χ0v) is 15.6. The van der Waals surface area contributed by atoms with Crippen LogP contribution in [0, 0.1) is 13.8 Å². The second-order valence-corrected chi connectivity index (χ2v) is 7.38. The number of ether oxygens (including phenoxy) is 1. The van der Waals surface area contributed by atoms with E-state index in [0.29, 0.717) is 10.8 Å². The molecule has 0 aliphatic carbocycles. The van der Waals surface area contributed by atoms with Gasteiger partial charge in [-0.1, -0.05) is 23.5 Å². The molecule has 1 amide bonds. The molecule has 1 heterocycles. The molecule has 3 aromatic rings.